The second-order valence-corrected chi connectivity index (χ2v) is 6.91. The molecule has 1 heterocycles. The van der Waals surface area contributed by atoms with Crippen LogP contribution in [-0.2, 0) is 0 Å². The van der Waals surface area contributed by atoms with Gasteiger partial charge in [-0.05, 0) is 43.2 Å². The van der Waals surface area contributed by atoms with Crippen molar-refractivity contribution in [2.75, 3.05) is 5.43 Å². The van der Waals surface area contributed by atoms with Crippen LogP contribution in [-0.4, -0.2) is 10.9 Å². The van der Waals surface area contributed by atoms with Gasteiger partial charge in [-0.25, -0.2) is 0 Å². The summed E-state index contributed by atoms with van der Waals surface area (Å²) in [6.07, 6.45) is 2.27. The van der Waals surface area contributed by atoms with Gasteiger partial charge >= 0.3 is 0 Å². The molecule has 1 aromatic heterocycles. The number of carbonyl (C=O) groups is 1. The van der Waals surface area contributed by atoms with Gasteiger partial charge < -0.3 is 0 Å². The van der Waals surface area contributed by atoms with E-state index < -0.39 is 0 Å². The van der Waals surface area contributed by atoms with Gasteiger partial charge in [-0.3, -0.25) is 20.6 Å². The fraction of sp³-hybridized carbons (Fsp3) is 0.158. The highest BCUT2D eigenvalue weighted by Crippen LogP contribution is 2.40. The molecule has 0 radical (unpaired) electrons. The maximum atomic E-state index is 12.7. The molecule has 0 atom stereocenters. The number of halogens is 2. The largest absolute Gasteiger partial charge is 0.298 e. The number of anilines is 1. The number of nitrogens with zero attached hydrogens (tertiary/aromatic N) is 1. The molecule has 0 aliphatic heterocycles. The minimum atomic E-state index is -0.216. The first-order valence-corrected chi connectivity index (χ1v) is 8.78. The van der Waals surface area contributed by atoms with E-state index in [1.807, 2.05) is 30.3 Å². The molecule has 0 unspecified atom stereocenters. The first kappa shape index (κ1) is 16.2. The number of hydrazine groups is 1. The molecule has 4 rings (SSSR count). The second-order valence-electron chi connectivity index (χ2n) is 6.09. The molecule has 2 aromatic carbocycles. The fourth-order valence-electron chi connectivity index (χ4n) is 2.74. The molecule has 1 aliphatic carbocycles. The Morgan fingerprint density at radius 2 is 1.84 bits per heavy atom. The summed E-state index contributed by atoms with van der Waals surface area (Å²) in [6.45, 7) is 0. The number of nitrogens with one attached hydrogen (secondary N) is 2. The Kier molecular flexibility index (Phi) is 4.24. The smallest absolute Gasteiger partial charge is 0.270 e. The third kappa shape index (κ3) is 3.41. The SMILES string of the molecule is O=C(NNc1ccc(Cl)c(Cl)c1)c1cc(C2CC2)nc2ccccc12. The number of fused-ring (bicyclic) bond motifs is 1. The number of rotatable bonds is 4. The van der Waals surface area contributed by atoms with Crippen LogP contribution in [0.15, 0.2) is 48.5 Å². The number of carbonyl (C=O) groups excluding carboxylic acids is 1. The average molecular weight is 372 g/mol. The van der Waals surface area contributed by atoms with Crippen LogP contribution < -0.4 is 10.9 Å². The van der Waals surface area contributed by atoms with E-state index >= 15 is 0 Å². The highest BCUT2D eigenvalue weighted by molar-refractivity contribution is 6.42. The van der Waals surface area contributed by atoms with Gasteiger partial charge in [0.05, 0.1) is 26.8 Å². The van der Waals surface area contributed by atoms with Crippen molar-refractivity contribution < 1.29 is 4.79 Å². The standard InChI is InChI=1S/C19H15Cl2N3O/c20-15-8-7-12(9-16(15)21)23-24-19(25)14-10-18(11-5-6-11)22-17-4-2-1-3-13(14)17/h1-4,7-11,23H,5-6H2,(H,24,25). The number of aromatic nitrogens is 1. The third-order valence-corrected chi connectivity index (χ3v) is 4.96. The molecule has 0 bridgehead atoms. The lowest BCUT2D eigenvalue weighted by atomic mass is 10.1. The summed E-state index contributed by atoms with van der Waals surface area (Å²) >= 11 is 11.9. The van der Waals surface area contributed by atoms with Crippen LogP contribution in [0.4, 0.5) is 5.69 Å². The zero-order chi connectivity index (χ0) is 17.4. The van der Waals surface area contributed by atoms with Gasteiger partial charge in [0.2, 0.25) is 0 Å². The van der Waals surface area contributed by atoms with Crippen molar-refractivity contribution in [1.82, 2.24) is 10.4 Å². The predicted molar refractivity (Wildman–Crippen MR) is 101 cm³/mol. The Labute approximate surface area is 155 Å². The molecule has 25 heavy (non-hydrogen) atoms. The third-order valence-electron chi connectivity index (χ3n) is 4.22. The molecule has 126 valence electrons. The molecule has 1 aliphatic rings. The molecule has 6 heteroatoms. The Hall–Kier alpha value is -2.30. The molecule has 3 aromatic rings. The van der Waals surface area contributed by atoms with Crippen LogP contribution in [0.3, 0.4) is 0 Å². The highest BCUT2D eigenvalue weighted by Gasteiger charge is 2.26. The minimum Gasteiger partial charge on any atom is -0.298 e. The van der Waals surface area contributed by atoms with Crippen molar-refractivity contribution in [3.05, 3.63) is 69.8 Å². The summed E-state index contributed by atoms with van der Waals surface area (Å²) < 4.78 is 0. The first-order valence-electron chi connectivity index (χ1n) is 8.03. The van der Waals surface area contributed by atoms with Crippen LogP contribution >= 0.6 is 23.2 Å². The van der Waals surface area contributed by atoms with Gasteiger partial charge in [-0.15, -0.1) is 0 Å². The molecule has 1 fully saturated rings. The topological polar surface area (TPSA) is 54.0 Å². The summed E-state index contributed by atoms with van der Waals surface area (Å²) in [4.78, 5) is 17.4. The summed E-state index contributed by atoms with van der Waals surface area (Å²) in [7, 11) is 0. The second kappa shape index (κ2) is 6.54. The molecular formula is C19H15Cl2N3O. The normalized spacial score (nSPS) is 13.7. The van der Waals surface area contributed by atoms with Crippen LogP contribution in [0.2, 0.25) is 10.0 Å². The molecule has 2 N–H and O–H groups in total. The Balaban J connectivity index is 1.61. The lowest BCUT2D eigenvalue weighted by Crippen LogP contribution is -2.29. The first-order chi connectivity index (χ1) is 12.1. The van der Waals surface area contributed by atoms with Crippen molar-refractivity contribution >= 4 is 45.7 Å². The van der Waals surface area contributed by atoms with Crippen LogP contribution in [0.5, 0.6) is 0 Å². The highest BCUT2D eigenvalue weighted by atomic mass is 35.5. The zero-order valence-corrected chi connectivity index (χ0v) is 14.7. The van der Waals surface area contributed by atoms with Gasteiger partial charge in [-0.2, -0.15) is 0 Å². The maximum absolute atomic E-state index is 12.7. The lowest BCUT2D eigenvalue weighted by Gasteiger charge is -2.12. The van der Waals surface area contributed by atoms with E-state index in [9.17, 15) is 4.79 Å². The predicted octanol–water partition coefficient (Wildman–Crippen LogP) is 5.18. The van der Waals surface area contributed by atoms with E-state index in [1.54, 1.807) is 18.2 Å². The number of pyridine rings is 1. The molecular weight excluding hydrogens is 357 g/mol. The van der Waals surface area contributed by atoms with Gasteiger partial charge in [0.15, 0.2) is 0 Å². The quantitative estimate of drug-likeness (QED) is 0.621. The van der Waals surface area contributed by atoms with Crippen LogP contribution in [0.1, 0.15) is 34.8 Å². The van der Waals surface area contributed by atoms with E-state index in [4.69, 9.17) is 23.2 Å². The van der Waals surface area contributed by atoms with E-state index in [2.05, 4.69) is 15.8 Å². The summed E-state index contributed by atoms with van der Waals surface area (Å²) in [5, 5.41) is 1.72. The Bertz CT molecular complexity index is 970. The molecule has 4 nitrogen and oxygen atoms in total. The average Bonchev–Trinajstić information content (AvgIpc) is 3.46. The lowest BCUT2D eigenvalue weighted by molar-refractivity contribution is 0.0964. The number of amides is 1. The Morgan fingerprint density at radius 3 is 2.60 bits per heavy atom. The molecule has 0 spiro atoms. The summed E-state index contributed by atoms with van der Waals surface area (Å²) in [5.41, 5.74) is 8.69. The summed E-state index contributed by atoms with van der Waals surface area (Å²) in [6, 6.07) is 14.7. The van der Waals surface area contributed by atoms with E-state index in [0.29, 0.717) is 27.2 Å². The van der Waals surface area contributed by atoms with Gasteiger partial charge in [-0.1, -0.05) is 41.4 Å². The zero-order valence-electron chi connectivity index (χ0n) is 13.2. The van der Waals surface area contributed by atoms with Crippen molar-refractivity contribution in [3.63, 3.8) is 0 Å². The molecule has 1 saturated carbocycles. The van der Waals surface area contributed by atoms with Crippen molar-refractivity contribution in [3.8, 4) is 0 Å². The van der Waals surface area contributed by atoms with E-state index in [0.717, 1.165) is 29.4 Å². The summed E-state index contributed by atoms with van der Waals surface area (Å²) in [5.74, 6) is 0.255. The van der Waals surface area contributed by atoms with Crippen LogP contribution in [0.25, 0.3) is 10.9 Å². The number of hydrogen-bond donors (Lipinski definition) is 2. The van der Waals surface area contributed by atoms with Gasteiger partial charge in [0.25, 0.3) is 5.91 Å². The van der Waals surface area contributed by atoms with Crippen molar-refractivity contribution in [2.45, 2.75) is 18.8 Å². The van der Waals surface area contributed by atoms with E-state index in [1.165, 1.54) is 0 Å². The van der Waals surface area contributed by atoms with Crippen molar-refractivity contribution in [2.24, 2.45) is 0 Å². The number of para-hydroxylation sites is 1. The van der Waals surface area contributed by atoms with E-state index in [-0.39, 0.29) is 5.91 Å². The van der Waals surface area contributed by atoms with Gasteiger partial charge in [0, 0.05) is 17.0 Å². The molecule has 0 saturated heterocycles. The number of benzene rings is 2. The minimum absolute atomic E-state index is 0.216. The molecule has 1 amide bonds. The fourth-order valence-corrected chi connectivity index (χ4v) is 3.04. The van der Waals surface area contributed by atoms with Crippen LogP contribution in [0, 0.1) is 0 Å². The van der Waals surface area contributed by atoms with Gasteiger partial charge in [0.1, 0.15) is 0 Å². The van der Waals surface area contributed by atoms with Crippen molar-refractivity contribution in [1.29, 1.82) is 0 Å². The Morgan fingerprint density at radius 1 is 1.04 bits per heavy atom. The monoisotopic (exact) mass is 371 g/mol. The number of hydrogen-bond acceptors (Lipinski definition) is 3. The maximum Gasteiger partial charge on any atom is 0.270 e.